The van der Waals surface area contributed by atoms with Crippen molar-refractivity contribution in [3.63, 3.8) is 0 Å². The Morgan fingerprint density at radius 3 is 1.20 bits per heavy atom. The van der Waals surface area contributed by atoms with Gasteiger partial charge in [-0.1, -0.05) is 214 Å². The minimum absolute atomic E-state index is 0.141. The number of allylic oxidation sites excluding steroid dienone is 14. The summed E-state index contributed by atoms with van der Waals surface area (Å²) in [7, 11) is 5.91. The zero-order valence-electron chi connectivity index (χ0n) is 46.3. The molecule has 0 aliphatic heterocycles. The average molecular weight is 995 g/mol. The second-order valence-corrected chi connectivity index (χ2v) is 20.2. The van der Waals surface area contributed by atoms with Gasteiger partial charge in [0.25, 0.3) is 0 Å². The molecule has 0 bridgehead atoms. The predicted molar refractivity (Wildman–Crippen MR) is 297 cm³/mol. The maximum Gasteiger partial charge on any atom is 0.306 e. The van der Waals surface area contributed by atoms with E-state index in [9.17, 15) is 19.5 Å². The molecule has 2 atom stereocenters. The number of rotatable bonds is 52. The first kappa shape index (κ1) is 67.5. The maximum absolute atomic E-state index is 12.9. The monoisotopic (exact) mass is 994 g/mol. The summed E-state index contributed by atoms with van der Waals surface area (Å²) in [5, 5.41) is 11.8. The third-order valence-electron chi connectivity index (χ3n) is 12.1. The standard InChI is InChI=1S/C62H107NO8/c1-6-8-10-12-14-16-18-20-22-24-26-28-29-30-31-33-34-36-38-40-42-44-46-48-50-52-59(64)69-56-58(57-70-62(61(66)67)68-55-54-63(3,4)5)71-60(65)53-51-49-47-45-43-41-39-37-35-32-27-25-23-21-19-17-15-13-11-9-7-2/h9,11,15,17-18,20-21,23-24,26-27,29-30,32,58,62H,6-8,10,12-14,16,19,22,25,28,31,33-57H2,1-5H3/b11-9-,17-15-,20-18-,23-21-,26-24-,30-29-,32-27-. The Bertz CT molecular complexity index is 1440. The van der Waals surface area contributed by atoms with Crippen molar-refractivity contribution in [2.24, 2.45) is 0 Å². The van der Waals surface area contributed by atoms with Gasteiger partial charge in [-0.15, -0.1) is 0 Å². The summed E-state index contributed by atoms with van der Waals surface area (Å²) in [5.74, 6) is -2.30. The number of hydrogen-bond donors (Lipinski definition) is 0. The van der Waals surface area contributed by atoms with Crippen LogP contribution < -0.4 is 5.11 Å². The van der Waals surface area contributed by atoms with Crippen LogP contribution in [0.4, 0.5) is 0 Å². The summed E-state index contributed by atoms with van der Waals surface area (Å²) in [6.07, 6.45) is 66.2. The fraction of sp³-hybridized carbons (Fsp3) is 0.726. The molecule has 0 spiro atoms. The first-order valence-electron chi connectivity index (χ1n) is 28.7. The van der Waals surface area contributed by atoms with Crippen LogP contribution in [0.25, 0.3) is 0 Å². The van der Waals surface area contributed by atoms with E-state index >= 15 is 0 Å². The van der Waals surface area contributed by atoms with Crippen LogP contribution in [0.2, 0.25) is 0 Å². The Morgan fingerprint density at radius 2 is 0.803 bits per heavy atom. The molecule has 0 heterocycles. The van der Waals surface area contributed by atoms with Gasteiger partial charge in [0, 0.05) is 12.8 Å². The minimum Gasteiger partial charge on any atom is -0.545 e. The molecule has 0 aromatic heterocycles. The zero-order chi connectivity index (χ0) is 52.0. The Hall–Kier alpha value is -3.53. The Morgan fingerprint density at radius 1 is 0.437 bits per heavy atom. The lowest BCUT2D eigenvalue weighted by atomic mass is 10.1. The van der Waals surface area contributed by atoms with Crippen molar-refractivity contribution in [3.05, 3.63) is 85.1 Å². The van der Waals surface area contributed by atoms with Crippen molar-refractivity contribution < 1.29 is 42.9 Å². The van der Waals surface area contributed by atoms with Crippen LogP contribution in [0.15, 0.2) is 85.1 Å². The SMILES string of the molecule is CC/C=C\C/C=C\C/C=C\C/C=C\CCCCCCCCCCC(=O)OC(COC(=O)CCCCCCCCCCCC/C=C\C/C=C\C/C=C\CCCCCCC)COC(OCC[N+](C)(C)C)C(=O)[O-]. The molecule has 9 heteroatoms. The molecule has 0 aliphatic carbocycles. The molecule has 0 rings (SSSR count). The normalized spacial score (nSPS) is 13.4. The van der Waals surface area contributed by atoms with Crippen LogP contribution in [0.3, 0.4) is 0 Å². The van der Waals surface area contributed by atoms with Gasteiger partial charge in [0.05, 0.1) is 40.3 Å². The summed E-state index contributed by atoms with van der Waals surface area (Å²) in [4.78, 5) is 37.3. The van der Waals surface area contributed by atoms with Crippen LogP contribution in [0.1, 0.15) is 232 Å². The molecule has 71 heavy (non-hydrogen) atoms. The molecule has 0 amide bonds. The van der Waals surface area contributed by atoms with Gasteiger partial charge in [-0.25, -0.2) is 0 Å². The van der Waals surface area contributed by atoms with E-state index in [-0.39, 0.29) is 38.6 Å². The second-order valence-electron chi connectivity index (χ2n) is 20.2. The van der Waals surface area contributed by atoms with E-state index in [1.54, 1.807) is 0 Å². The van der Waals surface area contributed by atoms with E-state index in [1.165, 1.54) is 116 Å². The highest BCUT2D eigenvalue weighted by Crippen LogP contribution is 2.15. The van der Waals surface area contributed by atoms with Crippen molar-refractivity contribution in [1.29, 1.82) is 0 Å². The lowest BCUT2D eigenvalue weighted by molar-refractivity contribution is -0.870. The number of esters is 2. The quantitative estimate of drug-likeness (QED) is 0.0195. The van der Waals surface area contributed by atoms with Crippen LogP contribution in [-0.2, 0) is 33.3 Å². The molecule has 0 saturated carbocycles. The topological polar surface area (TPSA) is 111 Å². The molecule has 0 aliphatic rings. The molecule has 2 unspecified atom stereocenters. The van der Waals surface area contributed by atoms with Crippen molar-refractivity contribution >= 4 is 17.9 Å². The number of carboxylic acids is 1. The lowest BCUT2D eigenvalue weighted by Crippen LogP contribution is -2.44. The van der Waals surface area contributed by atoms with Gasteiger partial charge >= 0.3 is 11.9 Å². The zero-order valence-corrected chi connectivity index (χ0v) is 46.3. The van der Waals surface area contributed by atoms with E-state index < -0.39 is 24.3 Å². The first-order valence-corrected chi connectivity index (χ1v) is 28.7. The van der Waals surface area contributed by atoms with Crippen molar-refractivity contribution in [2.75, 3.05) is 47.5 Å². The summed E-state index contributed by atoms with van der Waals surface area (Å²) < 4.78 is 22.7. The predicted octanol–water partition coefficient (Wildman–Crippen LogP) is 15.5. The number of carboxylic acid groups (broad SMARTS) is 1. The summed E-state index contributed by atoms with van der Waals surface area (Å²) >= 11 is 0. The van der Waals surface area contributed by atoms with Crippen LogP contribution >= 0.6 is 0 Å². The number of carbonyl (C=O) groups is 3. The Labute approximate surface area is 436 Å². The van der Waals surface area contributed by atoms with Gasteiger partial charge in [-0.2, -0.15) is 0 Å². The highest BCUT2D eigenvalue weighted by Gasteiger charge is 2.22. The smallest absolute Gasteiger partial charge is 0.306 e. The Balaban J connectivity index is 4.29. The van der Waals surface area contributed by atoms with E-state index in [1.807, 2.05) is 21.1 Å². The summed E-state index contributed by atoms with van der Waals surface area (Å²) in [6, 6.07) is 0. The number of unbranched alkanes of at least 4 members (excludes halogenated alkanes) is 23. The average Bonchev–Trinajstić information content (AvgIpc) is 3.34. The first-order chi connectivity index (χ1) is 34.6. The van der Waals surface area contributed by atoms with Gasteiger partial charge in [0.15, 0.2) is 12.4 Å². The third-order valence-corrected chi connectivity index (χ3v) is 12.1. The number of likely N-dealkylation sites (N-methyl/N-ethyl adjacent to an activating group) is 1. The van der Waals surface area contributed by atoms with Gasteiger partial charge in [-0.3, -0.25) is 9.59 Å². The fourth-order valence-corrected chi connectivity index (χ4v) is 7.71. The second kappa shape index (κ2) is 52.8. The number of nitrogens with zero attached hydrogens (tertiary/aromatic N) is 1. The van der Waals surface area contributed by atoms with Gasteiger partial charge < -0.3 is 33.3 Å². The van der Waals surface area contributed by atoms with E-state index in [0.717, 1.165) is 83.5 Å². The van der Waals surface area contributed by atoms with Gasteiger partial charge in [-0.05, 0) is 89.9 Å². The van der Waals surface area contributed by atoms with Crippen LogP contribution in [-0.4, -0.2) is 82.3 Å². The number of ether oxygens (including phenoxy) is 4. The molecule has 0 N–H and O–H groups in total. The summed E-state index contributed by atoms with van der Waals surface area (Å²) in [5.41, 5.74) is 0. The highest BCUT2D eigenvalue weighted by molar-refractivity contribution is 5.70. The van der Waals surface area contributed by atoms with Gasteiger partial charge in [0.1, 0.15) is 13.2 Å². The molecule has 0 radical (unpaired) electrons. The molecule has 0 fully saturated rings. The fourth-order valence-electron chi connectivity index (χ4n) is 7.71. The van der Waals surface area contributed by atoms with E-state index in [2.05, 4.69) is 98.9 Å². The number of aliphatic carboxylic acids is 1. The van der Waals surface area contributed by atoms with Crippen LogP contribution in [0.5, 0.6) is 0 Å². The summed E-state index contributed by atoms with van der Waals surface area (Å²) in [6.45, 7) is 4.61. The van der Waals surface area contributed by atoms with E-state index in [0.29, 0.717) is 17.4 Å². The van der Waals surface area contributed by atoms with E-state index in [4.69, 9.17) is 18.9 Å². The molecule has 0 saturated heterocycles. The molecule has 0 aromatic rings. The van der Waals surface area contributed by atoms with Crippen molar-refractivity contribution in [2.45, 2.75) is 245 Å². The molecule has 9 nitrogen and oxygen atoms in total. The third kappa shape index (κ3) is 54.1. The molecular formula is C62H107NO8. The maximum atomic E-state index is 12.9. The van der Waals surface area contributed by atoms with Crippen LogP contribution in [0, 0.1) is 0 Å². The number of hydrogen-bond acceptors (Lipinski definition) is 8. The lowest BCUT2D eigenvalue weighted by Gasteiger charge is -2.26. The number of carbonyl (C=O) groups excluding carboxylic acids is 3. The molecular weight excluding hydrogens is 887 g/mol. The van der Waals surface area contributed by atoms with Gasteiger partial charge in [0.2, 0.25) is 0 Å². The highest BCUT2D eigenvalue weighted by atomic mass is 16.7. The number of quaternary nitrogens is 1. The largest absolute Gasteiger partial charge is 0.545 e. The minimum atomic E-state index is -1.63. The van der Waals surface area contributed by atoms with Crippen molar-refractivity contribution in [1.82, 2.24) is 0 Å². The Kier molecular flexibility index (Phi) is 50.2. The molecule has 408 valence electrons. The van der Waals surface area contributed by atoms with Crippen molar-refractivity contribution in [3.8, 4) is 0 Å². The molecule has 0 aromatic carbocycles.